The summed E-state index contributed by atoms with van der Waals surface area (Å²) < 4.78 is 0. The van der Waals surface area contributed by atoms with Crippen LogP contribution in [0.1, 0.15) is 57.1 Å². The molecule has 3 atom stereocenters. The van der Waals surface area contributed by atoms with E-state index in [-0.39, 0.29) is 5.41 Å². The maximum atomic E-state index is 10.3. The first-order valence-corrected chi connectivity index (χ1v) is 7.64. The molecule has 2 aliphatic rings. The minimum atomic E-state index is 0.285. The van der Waals surface area contributed by atoms with Gasteiger partial charge in [-0.25, -0.2) is 0 Å². The molecule has 2 fully saturated rings. The van der Waals surface area contributed by atoms with Gasteiger partial charge in [-0.2, -0.15) is 0 Å². The number of fused-ring (bicyclic) bond motifs is 2. The number of phenols is 1. The van der Waals surface area contributed by atoms with E-state index in [1.54, 1.807) is 0 Å². The normalized spacial score (nSPS) is 35.8. The van der Waals surface area contributed by atoms with Crippen molar-refractivity contribution in [2.75, 3.05) is 0 Å². The monoisotopic (exact) mass is 278 g/mol. The molecule has 0 spiro atoms. The van der Waals surface area contributed by atoms with E-state index in [1.165, 1.54) is 19.3 Å². The standard InChI is InChI=1S/C17H23ClO/c1-10-7-15(19)12(9-14(10)18)13-8-11-5-6-17(13,4)16(11,2)3/h7,9,11,13,19H,5-6,8H2,1-4H3. The fourth-order valence-corrected chi connectivity index (χ4v) is 4.81. The van der Waals surface area contributed by atoms with Crippen molar-refractivity contribution in [1.29, 1.82) is 0 Å². The largest absolute Gasteiger partial charge is 0.508 e. The van der Waals surface area contributed by atoms with Crippen LogP contribution in [0.3, 0.4) is 0 Å². The summed E-state index contributed by atoms with van der Waals surface area (Å²) >= 11 is 6.27. The molecule has 2 saturated carbocycles. The average Bonchev–Trinajstić information content (AvgIpc) is 2.66. The lowest BCUT2D eigenvalue weighted by atomic mass is 9.65. The summed E-state index contributed by atoms with van der Waals surface area (Å²) in [7, 11) is 0. The SMILES string of the molecule is Cc1cc(O)c(C2CC3CCC2(C)C3(C)C)cc1Cl. The predicted octanol–water partition coefficient (Wildman–Crippen LogP) is 5.28. The topological polar surface area (TPSA) is 20.2 Å². The van der Waals surface area contributed by atoms with Gasteiger partial charge in [0.1, 0.15) is 5.75 Å². The molecule has 104 valence electrons. The quantitative estimate of drug-likeness (QED) is 0.740. The van der Waals surface area contributed by atoms with E-state index in [1.807, 2.05) is 19.1 Å². The molecule has 0 aromatic heterocycles. The van der Waals surface area contributed by atoms with Crippen LogP contribution in [0.25, 0.3) is 0 Å². The van der Waals surface area contributed by atoms with Crippen molar-refractivity contribution in [2.24, 2.45) is 16.7 Å². The van der Waals surface area contributed by atoms with Crippen LogP contribution >= 0.6 is 11.6 Å². The molecule has 2 bridgehead atoms. The highest BCUT2D eigenvalue weighted by Gasteiger charge is 2.61. The predicted molar refractivity (Wildman–Crippen MR) is 79.8 cm³/mol. The number of hydrogen-bond acceptors (Lipinski definition) is 1. The molecule has 0 aliphatic heterocycles. The van der Waals surface area contributed by atoms with Crippen molar-refractivity contribution in [1.82, 2.24) is 0 Å². The summed E-state index contributed by atoms with van der Waals surface area (Å²) in [6.07, 6.45) is 3.79. The van der Waals surface area contributed by atoms with Crippen LogP contribution in [0.15, 0.2) is 12.1 Å². The molecular formula is C17H23ClO. The van der Waals surface area contributed by atoms with Crippen LogP contribution in [0.5, 0.6) is 5.75 Å². The molecule has 0 heterocycles. The summed E-state index contributed by atoms with van der Waals surface area (Å²) in [5, 5.41) is 11.1. The lowest BCUT2D eigenvalue weighted by Gasteiger charge is -2.39. The van der Waals surface area contributed by atoms with Gasteiger partial charge in [0.2, 0.25) is 0 Å². The first-order valence-electron chi connectivity index (χ1n) is 7.26. The maximum absolute atomic E-state index is 10.3. The van der Waals surface area contributed by atoms with Crippen molar-refractivity contribution in [3.8, 4) is 5.75 Å². The molecule has 0 amide bonds. The van der Waals surface area contributed by atoms with E-state index in [0.29, 0.717) is 17.1 Å². The Balaban J connectivity index is 2.08. The van der Waals surface area contributed by atoms with Crippen LogP contribution in [-0.4, -0.2) is 5.11 Å². The second-order valence-electron chi connectivity index (χ2n) is 7.32. The number of rotatable bonds is 1. The molecular weight excluding hydrogens is 256 g/mol. The van der Waals surface area contributed by atoms with Crippen molar-refractivity contribution >= 4 is 11.6 Å². The van der Waals surface area contributed by atoms with Gasteiger partial charge < -0.3 is 5.11 Å². The zero-order valence-electron chi connectivity index (χ0n) is 12.3. The Hall–Kier alpha value is -0.690. The maximum Gasteiger partial charge on any atom is 0.119 e. The summed E-state index contributed by atoms with van der Waals surface area (Å²) in [4.78, 5) is 0. The van der Waals surface area contributed by atoms with Crippen molar-refractivity contribution in [2.45, 2.75) is 52.9 Å². The number of aromatic hydroxyl groups is 1. The minimum absolute atomic E-state index is 0.285. The van der Waals surface area contributed by atoms with Crippen LogP contribution < -0.4 is 0 Å². The third kappa shape index (κ3) is 1.60. The summed E-state index contributed by atoms with van der Waals surface area (Å²) in [6.45, 7) is 9.14. The number of hydrogen-bond donors (Lipinski definition) is 1. The molecule has 1 aromatic carbocycles. The third-order valence-electron chi connectivity index (χ3n) is 6.48. The average molecular weight is 279 g/mol. The Kier molecular flexibility index (Phi) is 2.74. The van der Waals surface area contributed by atoms with E-state index in [0.717, 1.165) is 22.1 Å². The van der Waals surface area contributed by atoms with Crippen LogP contribution in [0, 0.1) is 23.7 Å². The second kappa shape index (κ2) is 3.91. The van der Waals surface area contributed by atoms with Crippen molar-refractivity contribution in [3.63, 3.8) is 0 Å². The van der Waals surface area contributed by atoms with Gasteiger partial charge in [-0.15, -0.1) is 0 Å². The zero-order chi connectivity index (χ0) is 14.0. The van der Waals surface area contributed by atoms with Gasteiger partial charge in [-0.3, -0.25) is 0 Å². The second-order valence-corrected chi connectivity index (χ2v) is 7.73. The highest BCUT2D eigenvalue weighted by Crippen LogP contribution is 2.71. The third-order valence-corrected chi connectivity index (χ3v) is 6.88. The Morgan fingerprint density at radius 2 is 1.95 bits per heavy atom. The van der Waals surface area contributed by atoms with Crippen LogP contribution in [0.4, 0.5) is 0 Å². The number of benzene rings is 1. The van der Waals surface area contributed by atoms with Gasteiger partial charge in [0, 0.05) is 5.02 Å². The molecule has 0 radical (unpaired) electrons. The number of halogens is 1. The molecule has 1 N–H and O–H groups in total. The van der Waals surface area contributed by atoms with Crippen LogP contribution in [0.2, 0.25) is 5.02 Å². The lowest BCUT2D eigenvalue weighted by Crippen LogP contribution is -2.31. The zero-order valence-corrected chi connectivity index (χ0v) is 13.0. The number of phenolic OH excluding ortho intramolecular Hbond substituents is 1. The Labute approximate surface area is 121 Å². The van der Waals surface area contributed by atoms with E-state index in [4.69, 9.17) is 11.6 Å². The molecule has 2 aliphatic carbocycles. The van der Waals surface area contributed by atoms with Gasteiger partial charge in [-0.1, -0.05) is 32.4 Å². The van der Waals surface area contributed by atoms with E-state index < -0.39 is 0 Å². The highest BCUT2D eigenvalue weighted by atomic mass is 35.5. The Morgan fingerprint density at radius 1 is 1.26 bits per heavy atom. The minimum Gasteiger partial charge on any atom is -0.508 e. The van der Waals surface area contributed by atoms with Crippen LogP contribution in [-0.2, 0) is 0 Å². The van der Waals surface area contributed by atoms with E-state index >= 15 is 0 Å². The first kappa shape index (κ1) is 13.3. The van der Waals surface area contributed by atoms with Gasteiger partial charge in [-0.05, 0) is 72.1 Å². The molecule has 3 rings (SSSR count). The fraction of sp³-hybridized carbons (Fsp3) is 0.647. The molecule has 19 heavy (non-hydrogen) atoms. The van der Waals surface area contributed by atoms with Gasteiger partial charge in [0.25, 0.3) is 0 Å². The summed E-state index contributed by atoms with van der Waals surface area (Å²) in [5.74, 6) is 1.65. The fourth-order valence-electron chi connectivity index (χ4n) is 4.63. The van der Waals surface area contributed by atoms with E-state index in [2.05, 4.69) is 20.8 Å². The first-order chi connectivity index (χ1) is 8.77. The Bertz CT molecular complexity index is 534. The molecule has 2 heteroatoms. The van der Waals surface area contributed by atoms with Crippen molar-refractivity contribution in [3.05, 3.63) is 28.3 Å². The highest BCUT2D eigenvalue weighted by molar-refractivity contribution is 6.31. The summed E-state index contributed by atoms with van der Waals surface area (Å²) in [6, 6.07) is 3.82. The molecule has 1 nitrogen and oxygen atoms in total. The van der Waals surface area contributed by atoms with Gasteiger partial charge in [0.05, 0.1) is 0 Å². The smallest absolute Gasteiger partial charge is 0.119 e. The Morgan fingerprint density at radius 3 is 2.47 bits per heavy atom. The van der Waals surface area contributed by atoms with Gasteiger partial charge in [0.15, 0.2) is 0 Å². The molecule has 0 saturated heterocycles. The molecule has 1 aromatic rings. The van der Waals surface area contributed by atoms with Crippen molar-refractivity contribution < 1.29 is 5.11 Å². The van der Waals surface area contributed by atoms with E-state index in [9.17, 15) is 5.11 Å². The molecule has 3 unspecified atom stereocenters. The summed E-state index contributed by atoms with van der Waals surface area (Å²) in [5.41, 5.74) is 2.67. The lowest BCUT2D eigenvalue weighted by molar-refractivity contribution is 0.133. The van der Waals surface area contributed by atoms with Gasteiger partial charge >= 0.3 is 0 Å². The number of aryl methyl sites for hydroxylation is 1.